The van der Waals surface area contributed by atoms with Gasteiger partial charge in [0.05, 0.1) is 13.2 Å². The molecule has 0 rings (SSSR count). The fraction of sp³-hybridized carbons (Fsp3) is 0.839. The molecule has 1 atom stereocenters. The highest BCUT2D eigenvalue weighted by Gasteiger charge is 2.13. The van der Waals surface area contributed by atoms with Gasteiger partial charge in [-0.1, -0.05) is 102 Å². The Balaban J connectivity index is 3.47. The van der Waals surface area contributed by atoms with Crippen molar-refractivity contribution in [3.63, 3.8) is 0 Å². The summed E-state index contributed by atoms with van der Waals surface area (Å²) in [5.74, 6) is -0.217. The molecule has 0 saturated carbocycles. The SMILES string of the molecule is CCC/C=C\CCCCCCCC(=O)OC(CO)COCCCCCCCC/C=C\CCCCC. The number of allylic oxidation sites excluding steroid dienone is 4. The van der Waals surface area contributed by atoms with Crippen molar-refractivity contribution in [1.82, 2.24) is 0 Å². The molecule has 0 aromatic rings. The van der Waals surface area contributed by atoms with Crippen LogP contribution in [0.1, 0.15) is 142 Å². The topological polar surface area (TPSA) is 55.8 Å². The van der Waals surface area contributed by atoms with Crippen LogP contribution in [0.15, 0.2) is 24.3 Å². The molecule has 0 fully saturated rings. The van der Waals surface area contributed by atoms with Crippen LogP contribution in [0.3, 0.4) is 0 Å². The number of ether oxygens (including phenoxy) is 2. The molecular weight excluding hydrogens is 436 g/mol. The van der Waals surface area contributed by atoms with Gasteiger partial charge in [0.2, 0.25) is 0 Å². The van der Waals surface area contributed by atoms with Gasteiger partial charge in [-0.25, -0.2) is 0 Å². The van der Waals surface area contributed by atoms with Crippen molar-refractivity contribution < 1.29 is 19.4 Å². The third kappa shape index (κ3) is 27.3. The molecule has 1 N–H and O–H groups in total. The minimum atomic E-state index is -0.535. The average Bonchev–Trinajstić information content (AvgIpc) is 2.86. The Morgan fingerprint density at radius 2 is 1.17 bits per heavy atom. The zero-order valence-corrected chi connectivity index (χ0v) is 23.3. The number of unbranched alkanes of at least 4 members (excludes halogenated alkanes) is 15. The van der Waals surface area contributed by atoms with Crippen LogP contribution in [0.5, 0.6) is 0 Å². The molecule has 0 bridgehead atoms. The zero-order valence-electron chi connectivity index (χ0n) is 23.3. The van der Waals surface area contributed by atoms with Crippen molar-refractivity contribution >= 4 is 5.97 Å². The molecule has 1 unspecified atom stereocenters. The van der Waals surface area contributed by atoms with E-state index >= 15 is 0 Å². The van der Waals surface area contributed by atoms with Gasteiger partial charge in [-0.3, -0.25) is 4.79 Å². The molecule has 0 amide bonds. The lowest BCUT2D eigenvalue weighted by atomic mass is 10.1. The largest absolute Gasteiger partial charge is 0.457 e. The quantitative estimate of drug-likeness (QED) is 0.0703. The van der Waals surface area contributed by atoms with Crippen molar-refractivity contribution in [2.24, 2.45) is 0 Å². The lowest BCUT2D eigenvalue weighted by Gasteiger charge is -2.15. The fourth-order valence-corrected chi connectivity index (χ4v) is 3.97. The summed E-state index contributed by atoms with van der Waals surface area (Å²) in [6, 6.07) is 0. The molecule has 0 spiro atoms. The number of hydrogen-bond donors (Lipinski definition) is 1. The van der Waals surface area contributed by atoms with Crippen molar-refractivity contribution in [1.29, 1.82) is 0 Å². The highest BCUT2D eigenvalue weighted by atomic mass is 16.6. The van der Waals surface area contributed by atoms with Gasteiger partial charge in [-0.15, -0.1) is 0 Å². The number of hydrogen-bond acceptors (Lipinski definition) is 4. The highest BCUT2D eigenvalue weighted by molar-refractivity contribution is 5.69. The zero-order chi connectivity index (χ0) is 25.7. The van der Waals surface area contributed by atoms with Gasteiger partial charge in [0.1, 0.15) is 6.10 Å². The number of aliphatic hydroxyl groups excluding tert-OH is 1. The average molecular weight is 495 g/mol. The second-order valence-corrected chi connectivity index (χ2v) is 9.81. The van der Waals surface area contributed by atoms with Gasteiger partial charge in [-0.05, 0) is 57.8 Å². The predicted octanol–water partition coefficient (Wildman–Crippen LogP) is 8.86. The van der Waals surface area contributed by atoms with Gasteiger partial charge in [0, 0.05) is 13.0 Å². The van der Waals surface area contributed by atoms with Crippen LogP contribution < -0.4 is 0 Å². The summed E-state index contributed by atoms with van der Waals surface area (Å²) in [5, 5.41) is 9.47. The maximum atomic E-state index is 12.0. The fourth-order valence-electron chi connectivity index (χ4n) is 3.97. The molecule has 206 valence electrons. The smallest absolute Gasteiger partial charge is 0.306 e. The Labute approximate surface area is 217 Å². The first-order valence-electron chi connectivity index (χ1n) is 14.9. The van der Waals surface area contributed by atoms with E-state index < -0.39 is 6.10 Å². The Kier molecular flexibility index (Phi) is 28.2. The van der Waals surface area contributed by atoms with Gasteiger partial charge in [0.25, 0.3) is 0 Å². The second kappa shape index (κ2) is 29.1. The molecule has 0 aliphatic heterocycles. The molecule has 0 aliphatic rings. The van der Waals surface area contributed by atoms with Crippen LogP contribution in [0.2, 0.25) is 0 Å². The first-order valence-corrected chi connectivity index (χ1v) is 14.9. The number of carbonyl (C=O) groups is 1. The number of esters is 1. The van der Waals surface area contributed by atoms with Gasteiger partial charge >= 0.3 is 5.97 Å². The summed E-state index contributed by atoms with van der Waals surface area (Å²) in [6.45, 7) is 5.23. The Morgan fingerprint density at radius 3 is 1.74 bits per heavy atom. The Morgan fingerprint density at radius 1 is 0.657 bits per heavy atom. The molecule has 0 aliphatic carbocycles. The highest BCUT2D eigenvalue weighted by Crippen LogP contribution is 2.11. The van der Waals surface area contributed by atoms with E-state index in [4.69, 9.17) is 9.47 Å². The van der Waals surface area contributed by atoms with Crippen LogP contribution in [-0.2, 0) is 14.3 Å². The van der Waals surface area contributed by atoms with Crippen molar-refractivity contribution in [2.45, 2.75) is 148 Å². The minimum Gasteiger partial charge on any atom is -0.457 e. The summed E-state index contributed by atoms with van der Waals surface area (Å²) >= 11 is 0. The number of rotatable bonds is 27. The maximum Gasteiger partial charge on any atom is 0.306 e. The molecular formula is C31H58O4. The number of carbonyl (C=O) groups excluding carboxylic acids is 1. The van der Waals surface area contributed by atoms with Crippen LogP contribution in [0.4, 0.5) is 0 Å². The molecule has 4 heteroatoms. The normalized spacial score (nSPS) is 12.7. The Hall–Kier alpha value is -1.13. The summed E-state index contributed by atoms with van der Waals surface area (Å²) in [6.07, 6.45) is 32.0. The van der Waals surface area contributed by atoms with Gasteiger partial charge in [-0.2, -0.15) is 0 Å². The molecule has 0 saturated heterocycles. The third-order valence-corrected chi connectivity index (χ3v) is 6.23. The minimum absolute atomic E-state index is 0.176. The lowest BCUT2D eigenvalue weighted by molar-refractivity contribution is -0.154. The lowest BCUT2D eigenvalue weighted by Crippen LogP contribution is -2.27. The first-order chi connectivity index (χ1) is 17.2. The van der Waals surface area contributed by atoms with Gasteiger partial charge < -0.3 is 14.6 Å². The van der Waals surface area contributed by atoms with Crippen LogP contribution >= 0.6 is 0 Å². The number of aliphatic hydroxyl groups is 1. The van der Waals surface area contributed by atoms with Crippen molar-refractivity contribution in [3.8, 4) is 0 Å². The first kappa shape index (κ1) is 33.9. The maximum absolute atomic E-state index is 12.0. The molecule has 0 aromatic carbocycles. The monoisotopic (exact) mass is 494 g/mol. The Bertz CT molecular complexity index is 486. The molecule has 0 aromatic heterocycles. The summed E-state index contributed by atoms with van der Waals surface area (Å²) in [4.78, 5) is 12.0. The van der Waals surface area contributed by atoms with Crippen molar-refractivity contribution in [3.05, 3.63) is 24.3 Å². The van der Waals surface area contributed by atoms with E-state index in [2.05, 4.69) is 38.2 Å². The molecule has 4 nitrogen and oxygen atoms in total. The molecule has 0 heterocycles. The summed E-state index contributed by atoms with van der Waals surface area (Å²) in [7, 11) is 0. The van der Waals surface area contributed by atoms with E-state index in [1.165, 1.54) is 89.9 Å². The van der Waals surface area contributed by atoms with Crippen LogP contribution in [-0.4, -0.2) is 37.0 Å². The van der Waals surface area contributed by atoms with E-state index in [0.29, 0.717) is 19.6 Å². The predicted molar refractivity (Wildman–Crippen MR) is 150 cm³/mol. The standard InChI is InChI=1S/C31H58O4/c1-3-5-7-9-11-13-15-16-17-19-21-23-25-27-34-29-30(28-32)35-31(33)26-24-22-20-18-14-12-10-8-6-4-2/h8,10-11,13,30,32H,3-7,9,12,14-29H2,1-2H3/b10-8-,13-11-. The van der Waals surface area contributed by atoms with E-state index in [1.807, 2.05) is 0 Å². The third-order valence-electron chi connectivity index (χ3n) is 6.23. The van der Waals surface area contributed by atoms with E-state index in [9.17, 15) is 9.90 Å². The summed E-state index contributed by atoms with van der Waals surface area (Å²) in [5.41, 5.74) is 0. The van der Waals surface area contributed by atoms with E-state index in [-0.39, 0.29) is 12.6 Å². The van der Waals surface area contributed by atoms with E-state index in [0.717, 1.165) is 32.1 Å². The summed E-state index contributed by atoms with van der Waals surface area (Å²) < 4.78 is 11.0. The van der Waals surface area contributed by atoms with Gasteiger partial charge in [0.15, 0.2) is 0 Å². The molecule has 0 radical (unpaired) electrons. The molecule has 35 heavy (non-hydrogen) atoms. The van der Waals surface area contributed by atoms with Crippen LogP contribution in [0.25, 0.3) is 0 Å². The van der Waals surface area contributed by atoms with Crippen molar-refractivity contribution in [2.75, 3.05) is 19.8 Å². The van der Waals surface area contributed by atoms with Crippen LogP contribution in [0, 0.1) is 0 Å². The van der Waals surface area contributed by atoms with E-state index in [1.54, 1.807) is 0 Å². The second-order valence-electron chi connectivity index (χ2n) is 9.81.